The molecule has 0 saturated carbocycles. The van der Waals surface area contributed by atoms with E-state index < -0.39 is 15.9 Å². The smallest absolute Gasteiger partial charge is 0.255 e. The predicted octanol–water partition coefficient (Wildman–Crippen LogP) is 5.28. The first-order chi connectivity index (χ1) is 14.9. The van der Waals surface area contributed by atoms with Crippen molar-refractivity contribution in [2.45, 2.75) is 17.7 Å². The number of nitrogens with zero attached hydrogens (tertiary/aromatic N) is 1. The summed E-state index contributed by atoms with van der Waals surface area (Å²) in [5.74, 6) is -0.426. The fourth-order valence-corrected chi connectivity index (χ4v) is 5.93. The normalized spacial score (nSPS) is 15.0. The first-order valence-electron chi connectivity index (χ1n) is 9.96. The van der Waals surface area contributed by atoms with E-state index in [1.165, 1.54) is 22.5 Å². The first kappa shape index (κ1) is 20.1. The molecule has 3 aromatic carbocycles. The zero-order valence-corrected chi connectivity index (χ0v) is 18.0. The number of amides is 1. The molecule has 0 radical (unpaired) electrons. The van der Waals surface area contributed by atoms with Gasteiger partial charge in [-0.25, -0.2) is 8.42 Å². The second-order valence-corrected chi connectivity index (χ2v) is 9.83. The van der Waals surface area contributed by atoms with Gasteiger partial charge in [-0.3, -0.25) is 4.79 Å². The maximum atomic E-state index is 12.9. The largest absolute Gasteiger partial charge is 0.456 e. The Morgan fingerprint density at radius 1 is 0.935 bits per heavy atom. The first-order valence-corrected chi connectivity index (χ1v) is 11.8. The van der Waals surface area contributed by atoms with E-state index in [9.17, 15) is 13.2 Å². The Kier molecular flexibility index (Phi) is 4.97. The van der Waals surface area contributed by atoms with Crippen molar-refractivity contribution in [3.63, 3.8) is 0 Å². The lowest BCUT2D eigenvalue weighted by atomic mass is 10.1. The Balaban J connectivity index is 1.44. The average Bonchev–Trinajstić information content (AvgIpc) is 3.42. The number of rotatable bonds is 4. The number of carbonyl (C=O) groups is 1. The summed E-state index contributed by atoms with van der Waals surface area (Å²) < 4.78 is 33.1. The molecule has 1 N–H and O–H groups in total. The fraction of sp³-hybridized carbons (Fsp3) is 0.174. The van der Waals surface area contributed by atoms with Crippen LogP contribution in [0.25, 0.3) is 21.9 Å². The highest BCUT2D eigenvalue weighted by Crippen LogP contribution is 2.31. The lowest BCUT2D eigenvalue weighted by molar-refractivity contribution is 0.102. The van der Waals surface area contributed by atoms with Crippen molar-refractivity contribution < 1.29 is 17.6 Å². The quantitative estimate of drug-likeness (QED) is 0.455. The van der Waals surface area contributed by atoms with Crippen molar-refractivity contribution in [2.75, 3.05) is 18.4 Å². The molecule has 4 aromatic rings. The van der Waals surface area contributed by atoms with Crippen molar-refractivity contribution in [1.29, 1.82) is 0 Å². The van der Waals surface area contributed by atoms with E-state index >= 15 is 0 Å². The van der Waals surface area contributed by atoms with Gasteiger partial charge in [-0.05, 0) is 49.2 Å². The molecule has 5 rings (SSSR count). The topological polar surface area (TPSA) is 79.6 Å². The molecule has 8 heteroatoms. The van der Waals surface area contributed by atoms with Crippen LogP contribution in [0, 0.1) is 0 Å². The molecule has 2 heterocycles. The van der Waals surface area contributed by atoms with Crippen LogP contribution in [0.15, 0.2) is 70.0 Å². The van der Waals surface area contributed by atoms with Crippen LogP contribution in [0.4, 0.5) is 5.69 Å². The SMILES string of the molecule is O=C(Nc1ccc2c(c1)oc1ccccc12)c1ccc(Cl)c(S(=O)(=O)N2CCCC2)c1. The number of para-hydroxylation sites is 1. The Morgan fingerprint density at radius 2 is 1.68 bits per heavy atom. The summed E-state index contributed by atoms with van der Waals surface area (Å²) in [6.07, 6.45) is 1.64. The summed E-state index contributed by atoms with van der Waals surface area (Å²) in [6, 6.07) is 17.5. The number of carbonyl (C=O) groups excluding carboxylic acids is 1. The second kappa shape index (κ2) is 7.67. The number of hydrogen-bond acceptors (Lipinski definition) is 4. The van der Waals surface area contributed by atoms with Crippen molar-refractivity contribution in [3.05, 3.63) is 71.2 Å². The molecular formula is C23H19ClN2O4S. The molecule has 31 heavy (non-hydrogen) atoms. The minimum atomic E-state index is -3.74. The van der Waals surface area contributed by atoms with Gasteiger partial charge in [-0.2, -0.15) is 4.31 Å². The molecular weight excluding hydrogens is 436 g/mol. The number of halogens is 1. The monoisotopic (exact) mass is 454 g/mol. The van der Waals surface area contributed by atoms with E-state index in [1.807, 2.05) is 30.3 Å². The lowest BCUT2D eigenvalue weighted by Gasteiger charge is -2.17. The van der Waals surface area contributed by atoms with E-state index in [2.05, 4.69) is 5.32 Å². The van der Waals surface area contributed by atoms with Crippen LogP contribution in [0.5, 0.6) is 0 Å². The fourth-order valence-electron chi connectivity index (χ4n) is 3.92. The molecule has 6 nitrogen and oxygen atoms in total. The maximum absolute atomic E-state index is 12.9. The number of benzene rings is 3. The number of sulfonamides is 1. The Bertz CT molecular complexity index is 1420. The zero-order valence-electron chi connectivity index (χ0n) is 16.5. The van der Waals surface area contributed by atoms with Crippen molar-refractivity contribution >= 4 is 55.2 Å². The summed E-state index contributed by atoms with van der Waals surface area (Å²) >= 11 is 6.18. The summed E-state index contributed by atoms with van der Waals surface area (Å²) in [5, 5.41) is 4.88. The van der Waals surface area contributed by atoms with Crippen LogP contribution in [0.2, 0.25) is 5.02 Å². The van der Waals surface area contributed by atoms with E-state index in [1.54, 1.807) is 12.1 Å². The third-order valence-electron chi connectivity index (χ3n) is 5.51. The minimum absolute atomic E-state index is 0.0450. The number of anilines is 1. The summed E-state index contributed by atoms with van der Waals surface area (Å²) in [4.78, 5) is 12.8. The standard InChI is InChI=1S/C23H19ClN2O4S/c24-19-10-7-15(13-22(19)31(28,29)26-11-3-4-12-26)23(27)25-16-8-9-18-17-5-1-2-6-20(17)30-21(18)14-16/h1-2,5-10,13-14H,3-4,11-12H2,(H,25,27). The van der Waals surface area contributed by atoms with Gasteiger partial charge in [0.1, 0.15) is 16.1 Å². The third-order valence-corrected chi connectivity index (χ3v) is 7.89. The van der Waals surface area contributed by atoms with Gasteiger partial charge in [-0.1, -0.05) is 29.8 Å². The molecule has 158 valence electrons. The molecule has 1 saturated heterocycles. The van der Waals surface area contributed by atoms with Crippen LogP contribution in [-0.4, -0.2) is 31.7 Å². The van der Waals surface area contributed by atoms with Gasteiger partial charge in [0.15, 0.2) is 0 Å². The summed E-state index contributed by atoms with van der Waals surface area (Å²) in [5.41, 5.74) is 2.20. The summed E-state index contributed by atoms with van der Waals surface area (Å²) in [6.45, 7) is 0.930. The molecule has 0 spiro atoms. The van der Waals surface area contributed by atoms with Gasteiger partial charge in [0.25, 0.3) is 5.91 Å². The molecule has 0 bridgehead atoms. The van der Waals surface area contributed by atoms with E-state index in [4.69, 9.17) is 16.0 Å². The average molecular weight is 455 g/mol. The highest BCUT2D eigenvalue weighted by Gasteiger charge is 2.29. The second-order valence-electron chi connectivity index (χ2n) is 7.52. The third kappa shape index (κ3) is 3.59. The highest BCUT2D eigenvalue weighted by molar-refractivity contribution is 7.89. The van der Waals surface area contributed by atoms with Crippen LogP contribution in [0.1, 0.15) is 23.2 Å². The molecule has 0 aliphatic carbocycles. The molecule has 1 aliphatic rings. The predicted molar refractivity (Wildman–Crippen MR) is 121 cm³/mol. The zero-order chi connectivity index (χ0) is 21.6. The van der Waals surface area contributed by atoms with Gasteiger partial charge in [-0.15, -0.1) is 0 Å². The van der Waals surface area contributed by atoms with Gasteiger partial charge >= 0.3 is 0 Å². The molecule has 0 unspecified atom stereocenters. The lowest BCUT2D eigenvalue weighted by Crippen LogP contribution is -2.28. The van der Waals surface area contributed by atoms with E-state index in [0.29, 0.717) is 24.4 Å². The Morgan fingerprint density at radius 3 is 2.48 bits per heavy atom. The van der Waals surface area contributed by atoms with Crippen molar-refractivity contribution in [2.24, 2.45) is 0 Å². The van der Waals surface area contributed by atoms with Gasteiger partial charge in [0.05, 0.1) is 5.02 Å². The highest BCUT2D eigenvalue weighted by atomic mass is 35.5. The minimum Gasteiger partial charge on any atom is -0.456 e. The number of nitrogens with one attached hydrogen (secondary N) is 1. The van der Waals surface area contributed by atoms with Crippen LogP contribution in [0.3, 0.4) is 0 Å². The number of fused-ring (bicyclic) bond motifs is 3. The van der Waals surface area contributed by atoms with Crippen LogP contribution >= 0.6 is 11.6 Å². The van der Waals surface area contributed by atoms with Gasteiger partial charge in [0, 0.05) is 41.2 Å². The maximum Gasteiger partial charge on any atom is 0.255 e. The van der Waals surface area contributed by atoms with Gasteiger partial charge < -0.3 is 9.73 Å². The number of furan rings is 1. The molecule has 1 aliphatic heterocycles. The Hall–Kier alpha value is -2.87. The molecule has 1 fully saturated rings. The Labute approximate surface area is 184 Å². The van der Waals surface area contributed by atoms with Crippen molar-refractivity contribution in [3.8, 4) is 0 Å². The molecule has 0 atom stereocenters. The van der Waals surface area contributed by atoms with Crippen molar-refractivity contribution in [1.82, 2.24) is 4.31 Å². The molecule has 1 amide bonds. The molecule has 1 aromatic heterocycles. The van der Waals surface area contributed by atoms with Crippen LogP contribution in [-0.2, 0) is 10.0 Å². The number of hydrogen-bond donors (Lipinski definition) is 1. The van der Waals surface area contributed by atoms with Crippen LogP contribution < -0.4 is 5.32 Å². The van der Waals surface area contributed by atoms with E-state index in [-0.39, 0.29) is 15.5 Å². The van der Waals surface area contributed by atoms with Gasteiger partial charge in [0.2, 0.25) is 10.0 Å². The summed E-state index contributed by atoms with van der Waals surface area (Å²) in [7, 11) is -3.74. The van der Waals surface area contributed by atoms with E-state index in [0.717, 1.165) is 29.2 Å².